The number of esters is 1. The fourth-order valence-corrected chi connectivity index (χ4v) is 1.80. The van der Waals surface area contributed by atoms with Crippen LogP contribution < -0.4 is 0 Å². The molecule has 0 aliphatic carbocycles. The Labute approximate surface area is 117 Å². The third-order valence-electron chi connectivity index (χ3n) is 2.94. The van der Waals surface area contributed by atoms with E-state index in [0.717, 1.165) is 12.0 Å². The Morgan fingerprint density at radius 3 is 2.95 bits per heavy atom. The van der Waals surface area contributed by atoms with Crippen LogP contribution in [0.2, 0.25) is 0 Å². The zero-order valence-corrected chi connectivity index (χ0v) is 11.8. The molecule has 0 aliphatic rings. The van der Waals surface area contributed by atoms with Gasteiger partial charge < -0.3 is 9.26 Å². The molecule has 6 heteroatoms. The van der Waals surface area contributed by atoms with Gasteiger partial charge in [-0.25, -0.2) is 0 Å². The lowest BCUT2D eigenvalue weighted by Crippen LogP contribution is -2.13. The number of carbonyl (C=O) groups is 1. The van der Waals surface area contributed by atoms with Gasteiger partial charge in [0, 0.05) is 6.20 Å². The maximum absolute atomic E-state index is 11.6. The van der Waals surface area contributed by atoms with E-state index in [-0.39, 0.29) is 11.9 Å². The molecule has 6 nitrogen and oxygen atoms in total. The molecule has 0 spiro atoms. The standard InChI is InChI=1S/C14H17N3O3/c1-4-10-7-6-8-15-11(10)12-16-13(20-17-12)9(3)14(18)19-5-2/h6-9H,4-5H2,1-3H3. The second-order valence-electron chi connectivity index (χ2n) is 4.29. The molecule has 2 aromatic heterocycles. The minimum Gasteiger partial charge on any atom is -0.465 e. The van der Waals surface area contributed by atoms with Crippen molar-refractivity contribution >= 4 is 5.97 Å². The lowest BCUT2D eigenvalue weighted by Gasteiger charge is -2.04. The van der Waals surface area contributed by atoms with Crippen LogP contribution in [-0.4, -0.2) is 27.7 Å². The smallest absolute Gasteiger partial charge is 0.318 e. The van der Waals surface area contributed by atoms with Gasteiger partial charge in [0.1, 0.15) is 11.6 Å². The molecule has 0 fully saturated rings. The van der Waals surface area contributed by atoms with Crippen LogP contribution in [0.3, 0.4) is 0 Å². The summed E-state index contributed by atoms with van der Waals surface area (Å²) in [7, 11) is 0. The summed E-state index contributed by atoms with van der Waals surface area (Å²) in [6, 6.07) is 3.83. The van der Waals surface area contributed by atoms with E-state index >= 15 is 0 Å². The van der Waals surface area contributed by atoms with Gasteiger partial charge in [-0.15, -0.1) is 0 Å². The summed E-state index contributed by atoms with van der Waals surface area (Å²) >= 11 is 0. The summed E-state index contributed by atoms with van der Waals surface area (Å²) in [5.41, 5.74) is 1.71. The molecule has 0 saturated heterocycles. The summed E-state index contributed by atoms with van der Waals surface area (Å²) in [6.07, 6.45) is 2.50. The number of aryl methyl sites for hydroxylation is 1. The van der Waals surface area contributed by atoms with Crippen LogP contribution in [0.5, 0.6) is 0 Å². The number of carbonyl (C=O) groups excluding carboxylic acids is 1. The van der Waals surface area contributed by atoms with Crippen molar-refractivity contribution in [3.05, 3.63) is 29.8 Å². The molecule has 2 rings (SSSR count). The van der Waals surface area contributed by atoms with Crippen LogP contribution in [0.25, 0.3) is 11.5 Å². The molecule has 0 bridgehead atoms. The molecule has 2 aromatic rings. The van der Waals surface area contributed by atoms with E-state index in [9.17, 15) is 4.79 Å². The number of ether oxygens (including phenoxy) is 1. The van der Waals surface area contributed by atoms with Gasteiger partial charge in [-0.1, -0.05) is 18.1 Å². The minimum atomic E-state index is -0.579. The molecule has 20 heavy (non-hydrogen) atoms. The van der Waals surface area contributed by atoms with E-state index in [1.807, 2.05) is 19.1 Å². The molecule has 106 valence electrons. The Balaban J connectivity index is 2.27. The van der Waals surface area contributed by atoms with Gasteiger partial charge in [0.2, 0.25) is 11.7 Å². The van der Waals surface area contributed by atoms with E-state index in [4.69, 9.17) is 9.26 Å². The van der Waals surface area contributed by atoms with Crippen molar-refractivity contribution in [1.29, 1.82) is 0 Å². The largest absolute Gasteiger partial charge is 0.465 e. The minimum absolute atomic E-state index is 0.242. The SMILES string of the molecule is CCOC(=O)C(C)c1nc(-c2ncccc2CC)no1. The molecule has 0 radical (unpaired) electrons. The van der Waals surface area contributed by atoms with Crippen molar-refractivity contribution in [3.8, 4) is 11.5 Å². The Morgan fingerprint density at radius 1 is 1.45 bits per heavy atom. The van der Waals surface area contributed by atoms with Gasteiger partial charge in [-0.2, -0.15) is 4.98 Å². The first-order chi connectivity index (χ1) is 9.67. The van der Waals surface area contributed by atoms with Gasteiger partial charge in [0.05, 0.1) is 6.61 Å². The highest BCUT2D eigenvalue weighted by Crippen LogP contribution is 2.22. The Bertz CT molecular complexity index is 595. The van der Waals surface area contributed by atoms with Gasteiger partial charge >= 0.3 is 5.97 Å². The van der Waals surface area contributed by atoms with Crippen molar-refractivity contribution in [2.24, 2.45) is 0 Å². The molecule has 1 atom stereocenters. The second-order valence-corrected chi connectivity index (χ2v) is 4.29. The highest BCUT2D eigenvalue weighted by atomic mass is 16.5. The summed E-state index contributed by atoms with van der Waals surface area (Å²) in [6.45, 7) is 5.78. The van der Waals surface area contributed by atoms with E-state index in [0.29, 0.717) is 18.1 Å². The quantitative estimate of drug-likeness (QED) is 0.779. The number of hydrogen-bond donors (Lipinski definition) is 0. The number of nitrogens with zero attached hydrogens (tertiary/aromatic N) is 3. The average molecular weight is 275 g/mol. The predicted molar refractivity (Wildman–Crippen MR) is 72.0 cm³/mol. The van der Waals surface area contributed by atoms with E-state index in [1.165, 1.54) is 0 Å². The molecule has 0 aromatic carbocycles. The first kappa shape index (κ1) is 14.2. The zero-order chi connectivity index (χ0) is 14.5. The molecule has 1 unspecified atom stereocenters. The molecule has 0 N–H and O–H groups in total. The fourth-order valence-electron chi connectivity index (χ4n) is 1.80. The van der Waals surface area contributed by atoms with Gasteiger partial charge in [0.25, 0.3) is 0 Å². The van der Waals surface area contributed by atoms with Gasteiger partial charge in [0.15, 0.2) is 0 Å². The van der Waals surface area contributed by atoms with Crippen molar-refractivity contribution < 1.29 is 14.1 Å². The van der Waals surface area contributed by atoms with Crippen LogP contribution >= 0.6 is 0 Å². The van der Waals surface area contributed by atoms with E-state index in [1.54, 1.807) is 20.0 Å². The third kappa shape index (κ3) is 2.84. The van der Waals surface area contributed by atoms with Gasteiger partial charge in [-0.3, -0.25) is 9.78 Å². The van der Waals surface area contributed by atoms with Crippen molar-refractivity contribution in [1.82, 2.24) is 15.1 Å². The summed E-state index contributed by atoms with van der Waals surface area (Å²) in [5, 5.41) is 3.90. The van der Waals surface area contributed by atoms with Gasteiger partial charge in [-0.05, 0) is 31.9 Å². The number of hydrogen-bond acceptors (Lipinski definition) is 6. The van der Waals surface area contributed by atoms with Crippen molar-refractivity contribution in [2.75, 3.05) is 6.61 Å². The molecule has 2 heterocycles. The first-order valence-corrected chi connectivity index (χ1v) is 6.61. The second kappa shape index (κ2) is 6.27. The van der Waals surface area contributed by atoms with Crippen molar-refractivity contribution in [2.45, 2.75) is 33.1 Å². The fraction of sp³-hybridized carbons (Fsp3) is 0.429. The molecule has 0 aliphatic heterocycles. The Kier molecular flexibility index (Phi) is 4.45. The molecule has 0 saturated carbocycles. The van der Waals surface area contributed by atoms with Crippen LogP contribution in [-0.2, 0) is 16.0 Å². The van der Waals surface area contributed by atoms with E-state index < -0.39 is 5.92 Å². The van der Waals surface area contributed by atoms with E-state index in [2.05, 4.69) is 15.1 Å². The average Bonchev–Trinajstić information content (AvgIpc) is 2.96. The third-order valence-corrected chi connectivity index (χ3v) is 2.94. The van der Waals surface area contributed by atoms with Crippen LogP contribution in [0.4, 0.5) is 0 Å². The summed E-state index contributed by atoms with van der Waals surface area (Å²) in [4.78, 5) is 20.2. The normalized spacial score (nSPS) is 12.2. The monoisotopic (exact) mass is 275 g/mol. The Hall–Kier alpha value is -2.24. The number of rotatable bonds is 5. The van der Waals surface area contributed by atoms with Crippen LogP contribution in [0.15, 0.2) is 22.9 Å². The molecular formula is C14H17N3O3. The maximum Gasteiger partial charge on any atom is 0.318 e. The van der Waals surface area contributed by atoms with Crippen molar-refractivity contribution in [3.63, 3.8) is 0 Å². The number of pyridine rings is 1. The summed E-state index contributed by atoms with van der Waals surface area (Å²) in [5.74, 6) is -0.316. The van der Waals surface area contributed by atoms with Crippen LogP contribution in [0, 0.1) is 0 Å². The lowest BCUT2D eigenvalue weighted by molar-refractivity contribution is -0.145. The Morgan fingerprint density at radius 2 is 2.25 bits per heavy atom. The topological polar surface area (TPSA) is 78.1 Å². The lowest BCUT2D eigenvalue weighted by atomic mass is 10.1. The first-order valence-electron chi connectivity index (χ1n) is 6.61. The summed E-state index contributed by atoms with van der Waals surface area (Å²) < 4.78 is 10.1. The highest BCUT2D eigenvalue weighted by molar-refractivity contribution is 5.76. The maximum atomic E-state index is 11.6. The number of aromatic nitrogens is 3. The zero-order valence-electron chi connectivity index (χ0n) is 11.8. The van der Waals surface area contributed by atoms with Crippen LogP contribution in [0.1, 0.15) is 38.1 Å². The molecular weight excluding hydrogens is 258 g/mol. The predicted octanol–water partition coefficient (Wildman–Crippen LogP) is 2.36. The molecule has 0 amide bonds. The highest BCUT2D eigenvalue weighted by Gasteiger charge is 2.24.